The summed E-state index contributed by atoms with van der Waals surface area (Å²) < 4.78 is 22.6. The Bertz CT molecular complexity index is 1240. The number of hydrogen-bond donors (Lipinski definition) is 2. The van der Waals surface area contributed by atoms with Gasteiger partial charge in [-0.1, -0.05) is 19.6 Å². The fourth-order valence-electron chi connectivity index (χ4n) is 6.03. The summed E-state index contributed by atoms with van der Waals surface area (Å²) in [5.74, 6) is -0.721. The third-order valence-corrected chi connectivity index (χ3v) is 10.4. The number of oxazole rings is 1. The number of hydrogen-bond acceptors (Lipinski definition) is 11. The van der Waals surface area contributed by atoms with Crippen LogP contribution in [0.2, 0.25) is 25.7 Å². The lowest BCUT2D eigenvalue weighted by atomic mass is 9.84. The van der Waals surface area contributed by atoms with Crippen LogP contribution in [0, 0.1) is 3.70 Å². The standard InChI is InChI=1S/C29H47IN6O8Si/c1-28(2,3)44-26(39)32-21(24(37)36-13-8-10-19(33-36)25(38)41-4)22(23-31-20(30)16-43-23)34-17-29(18-34)11-9-12-35(29)27(40)42-14-15-45(5,6)7/h16,19,21-22,33H,8-15,17-18H2,1-7H3,(H,32,39)/t19-,21-,22-/m0/s1. The van der Waals surface area contributed by atoms with Gasteiger partial charge < -0.3 is 23.9 Å². The summed E-state index contributed by atoms with van der Waals surface area (Å²) in [6, 6.07) is -1.85. The summed E-state index contributed by atoms with van der Waals surface area (Å²) in [5.41, 5.74) is 1.69. The number of hydrazine groups is 1. The zero-order valence-electron chi connectivity index (χ0n) is 27.3. The van der Waals surface area contributed by atoms with E-state index in [-0.39, 0.29) is 12.0 Å². The molecule has 0 aliphatic carbocycles. The molecular weight excluding hydrogens is 715 g/mol. The van der Waals surface area contributed by atoms with Crippen molar-refractivity contribution >= 4 is 54.7 Å². The molecule has 3 aliphatic heterocycles. The molecule has 3 aliphatic rings. The molecule has 3 fully saturated rings. The second-order valence-electron chi connectivity index (χ2n) is 14.2. The topological polar surface area (TPSA) is 156 Å². The van der Waals surface area contributed by atoms with Crippen LogP contribution in [0.25, 0.3) is 0 Å². The van der Waals surface area contributed by atoms with Crippen molar-refractivity contribution in [1.29, 1.82) is 0 Å². The molecule has 45 heavy (non-hydrogen) atoms. The molecule has 16 heteroatoms. The lowest BCUT2D eigenvalue weighted by Crippen LogP contribution is -2.72. The maximum atomic E-state index is 14.3. The zero-order chi connectivity index (χ0) is 33.2. The smallest absolute Gasteiger partial charge is 0.410 e. The van der Waals surface area contributed by atoms with Crippen molar-refractivity contribution in [3.8, 4) is 0 Å². The summed E-state index contributed by atoms with van der Waals surface area (Å²) in [6.07, 6.45) is 3.06. The summed E-state index contributed by atoms with van der Waals surface area (Å²) in [5, 5.41) is 4.14. The van der Waals surface area contributed by atoms with Crippen LogP contribution in [0.5, 0.6) is 0 Å². The number of ether oxygens (including phenoxy) is 3. The minimum atomic E-state index is -1.37. The monoisotopic (exact) mass is 762 g/mol. The SMILES string of the molecule is COC(=O)[C@@H]1CCCN(C(=O)[C@@H](NC(=O)OC(C)(C)C)[C@@H](c2nc(I)co2)N2CC3(CCCN3C(=O)OCC[Si](C)(C)C)C2)N1. The first-order chi connectivity index (χ1) is 21.0. The van der Waals surface area contributed by atoms with Crippen molar-refractivity contribution < 1.29 is 37.8 Å². The van der Waals surface area contributed by atoms with Gasteiger partial charge in [0.05, 0.1) is 19.3 Å². The Morgan fingerprint density at radius 2 is 1.91 bits per heavy atom. The molecule has 3 atom stereocenters. The fourth-order valence-corrected chi connectivity index (χ4v) is 7.11. The number of likely N-dealkylation sites (tertiary alicyclic amines) is 2. The highest BCUT2D eigenvalue weighted by molar-refractivity contribution is 14.1. The minimum absolute atomic E-state index is 0.243. The van der Waals surface area contributed by atoms with Crippen molar-refractivity contribution in [3.63, 3.8) is 0 Å². The molecule has 3 amide bonds. The van der Waals surface area contributed by atoms with Crippen LogP contribution in [0.3, 0.4) is 0 Å². The second kappa shape index (κ2) is 14.1. The maximum absolute atomic E-state index is 14.3. The van der Waals surface area contributed by atoms with E-state index in [2.05, 4.69) is 35.4 Å². The summed E-state index contributed by atoms with van der Waals surface area (Å²) in [4.78, 5) is 61.3. The molecule has 252 valence electrons. The van der Waals surface area contributed by atoms with Crippen LogP contribution in [0.4, 0.5) is 9.59 Å². The highest BCUT2D eigenvalue weighted by atomic mass is 127. The summed E-state index contributed by atoms with van der Waals surface area (Å²) >= 11 is 2.03. The van der Waals surface area contributed by atoms with Crippen LogP contribution >= 0.6 is 22.6 Å². The van der Waals surface area contributed by atoms with Gasteiger partial charge in [0.15, 0.2) is 0 Å². The van der Waals surface area contributed by atoms with E-state index in [1.54, 1.807) is 20.8 Å². The van der Waals surface area contributed by atoms with Crippen molar-refractivity contribution in [2.45, 2.75) is 101 Å². The number of rotatable bonds is 9. The zero-order valence-corrected chi connectivity index (χ0v) is 30.5. The van der Waals surface area contributed by atoms with Crippen LogP contribution in [-0.2, 0) is 23.8 Å². The largest absolute Gasteiger partial charge is 0.468 e. The van der Waals surface area contributed by atoms with Crippen molar-refractivity contribution in [2.75, 3.05) is 39.9 Å². The lowest BCUT2D eigenvalue weighted by molar-refractivity contribution is -0.152. The van der Waals surface area contributed by atoms with E-state index in [4.69, 9.17) is 18.6 Å². The van der Waals surface area contributed by atoms with Gasteiger partial charge in [0.25, 0.3) is 5.91 Å². The molecule has 0 radical (unpaired) electrons. The number of carbonyl (C=O) groups is 4. The van der Waals surface area contributed by atoms with Gasteiger partial charge >= 0.3 is 18.2 Å². The van der Waals surface area contributed by atoms with Crippen LogP contribution in [0.1, 0.15) is 58.4 Å². The molecule has 3 saturated heterocycles. The average molecular weight is 763 g/mol. The molecular formula is C29H47IN6O8Si. The van der Waals surface area contributed by atoms with Crippen LogP contribution < -0.4 is 10.7 Å². The van der Waals surface area contributed by atoms with E-state index in [1.807, 2.05) is 32.4 Å². The maximum Gasteiger partial charge on any atom is 0.410 e. The van der Waals surface area contributed by atoms with Gasteiger partial charge in [-0.3, -0.25) is 24.4 Å². The molecule has 4 rings (SSSR count). The van der Waals surface area contributed by atoms with Gasteiger partial charge in [-0.2, -0.15) is 0 Å². The third-order valence-electron chi connectivity index (χ3n) is 8.22. The number of alkyl carbamates (subject to hydrolysis) is 1. The molecule has 4 heterocycles. The molecule has 0 bridgehead atoms. The van der Waals surface area contributed by atoms with Crippen molar-refractivity contribution in [3.05, 3.63) is 15.9 Å². The molecule has 1 aromatic heterocycles. The van der Waals surface area contributed by atoms with E-state index in [0.717, 1.165) is 18.9 Å². The molecule has 0 unspecified atom stereocenters. The summed E-state index contributed by atoms with van der Waals surface area (Å²) in [7, 11) is -0.0704. The van der Waals surface area contributed by atoms with Crippen molar-refractivity contribution in [2.24, 2.45) is 0 Å². The molecule has 0 saturated carbocycles. The predicted octanol–water partition coefficient (Wildman–Crippen LogP) is 3.51. The number of halogens is 1. The Kier molecular flexibility index (Phi) is 11.1. The first kappa shape index (κ1) is 35.4. The highest BCUT2D eigenvalue weighted by Crippen LogP contribution is 2.43. The van der Waals surface area contributed by atoms with Crippen LogP contribution in [-0.4, -0.2) is 115 Å². The number of nitrogens with one attached hydrogen (secondary N) is 2. The summed E-state index contributed by atoms with van der Waals surface area (Å²) in [6.45, 7) is 14.1. The lowest BCUT2D eigenvalue weighted by Gasteiger charge is -2.55. The van der Waals surface area contributed by atoms with Gasteiger partial charge in [0.1, 0.15) is 33.7 Å². The molecule has 1 aromatic rings. The molecule has 14 nitrogen and oxygen atoms in total. The highest BCUT2D eigenvalue weighted by Gasteiger charge is 2.57. The number of aromatic nitrogens is 1. The van der Waals surface area contributed by atoms with Gasteiger partial charge in [0, 0.05) is 34.3 Å². The fraction of sp³-hybridized carbons (Fsp3) is 0.759. The Balaban J connectivity index is 1.60. The molecule has 2 N–H and O–H groups in total. The minimum Gasteiger partial charge on any atom is -0.468 e. The van der Waals surface area contributed by atoms with Crippen molar-refractivity contribution in [1.82, 2.24) is 30.5 Å². The first-order valence-corrected chi connectivity index (χ1v) is 20.2. The third kappa shape index (κ3) is 8.88. The quantitative estimate of drug-likeness (QED) is 0.164. The number of methoxy groups -OCH3 is 1. The number of amides is 3. The van der Waals surface area contributed by atoms with E-state index >= 15 is 0 Å². The number of nitrogens with zero attached hydrogens (tertiary/aromatic N) is 4. The Morgan fingerprint density at radius 1 is 1.20 bits per heavy atom. The Labute approximate surface area is 279 Å². The first-order valence-electron chi connectivity index (χ1n) is 15.5. The van der Waals surface area contributed by atoms with E-state index in [0.29, 0.717) is 49.3 Å². The second-order valence-corrected chi connectivity index (χ2v) is 21.0. The predicted molar refractivity (Wildman–Crippen MR) is 175 cm³/mol. The van der Waals surface area contributed by atoms with Gasteiger partial charge in [-0.25, -0.2) is 20.0 Å². The van der Waals surface area contributed by atoms with Crippen LogP contribution in [0.15, 0.2) is 10.7 Å². The molecule has 0 aromatic carbocycles. The van der Waals surface area contributed by atoms with E-state index in [1.165, 1.54) is 18.4 Å². The normalized spacial score (nSPS) is 21.6. The van der Waals surface area contributed by atoms with Gasteiger partial charge in [-0.15, -0.1) is 0 Å². The van der Waals surface area contributed by atoms with Gasteiger partial charge in [0.2, 0.25) is 5.89 Å². The Morgan fingerprint density at radius 3 is 2.51 bits per heavy atom. The Hall–Kier alpha value is -2.44. The van der Waals surface area contributed by atoms with E-state index in [9.17, 15) is 19.2 Å². The van der Waals surface area contributed by atoms with Gasteiger partial charge in [-0.05, 0) is 75.1 Å². The molecule has 1 spiro atoms. The average Bonchev–Trinajstić information content (AvgIpc) is 3.56. The van der Waals surface area contributed by atoms with E-state index < -0.39 is 55.3 Å². The number of esters is 1. The number of carbonyl (C=O) groups excluding carboxylic acids is 4.